The van der Waals surface area contributed by atoms with Crippen molar-refractivity contribution in [3.8, 4) is 0 Å². The minimum Gasteiger partial charge on any atom is -0.336 e. The average Bonchev–Trinajstić information content (AvgIpc) is 2.87. The molecular weight excluding hydrogens is 204 g/mol. The number of hydrogen-bond acceptors (Lipinski definition) is 4. The molecule has 0 spiro atoms. The van der Waals surface area contributed by atoms with Gasteiger partial charge in [-0.2, -0.15) is 0 Å². The van der Waals surface area contributed by atoms with Crippen LogP contribution in [0.25, 0.3) is 0 Å². The molecule has 2 N–H and O–H groups in total. The highest BCUT2D eigenvalue weighted by atomic mass is 15.4. The summed E-state index contributed by atoms with van der Waals surface area (Å²) in [5, 5.41) is 8.14. The van der Waals surface area contributed by atoms with E-state index in [1.165, 1.54) is 0 Å². The molecule has 0 aromatic carbocycles. The molecular formula is C10H16N6. The molecule has 0 unspecified atom stereocenters. The number of nitrogens with two attached hydrogens (primary N) is 1. The summed E-state index contributed by atoms with van der Waals surface area (Å²) < 4.78 is 3.77. The molecule has 6 heteroatoms. The van der Waals surface area contributed by atoms with E-state index in [0.717, 1.165) is 24.4 Å². The van der Waals surface area contributed by atoms with E-state index < -0.39 is 0 Å². The van der Waals surface area contributed by atoms with E-state index in [9.17, 15) is 0 Å². The third-order valence-corrected chi connectivity index (χ3v) is 2.45. The van der Waals surface area contributed by atoms with Gasteiger partial charge in [0.05, 0.1) is 5.69 Å². The van der Waals surface area contributed by atoms with Crippen molar-refractivity contribution in [2.24, 2.45) is 12.8 Å². The van der Waals surface area contributed by atoms with Gasteiger partial charge in [0.2, 0.25) is 0 Å². The van der Waals surface area contributed by atoms with Crippen LogP contribution >= 0.6 is 0 Å². The van der Waals surface area contributed by atoms with Gasteiger partial charge < -0.3 is 10.3 Å². The molecule has 0 aliphatic rings. The highest BCUT2D eigenvalue weighted by Crippen LogP contribution is 2.01. The standard InChI is InChI=1S/C10H16N6/c1-15-6-5-12-10(15)8-16-7-9(13-14-16)3-2-4-11/h5-7H,2-4,8,11H2,1H3. The van der Waals surface area contributed by atoms with Crippen molar-refractivity contribution in [2.75, 3.05) is 6.54 Å². The van der Waals surface area contributed by atoms with Crippen molar-refractivity contribution in [3.63, 3.8) is 0 Å². The molecule has 16 heavy (non-hydrogen) atoms. The van der Waals surface area contributed by atoms with Crippen molar-refractivity contribution in [3.05, 3.63) is 30.1 Å². The molecule has 86 valence electrons. The topological polar surface area (TPSA) is 74.5 Å². The fraction of sp³-hybridized carbons (Fsp3) is 0.500. The Morgan fingerprint density at radius 1 is 1.44 bits per heavy atom. The van der Waals surface area contributed by atoms with E-state index in [1.54, 1.807) is 10.9 Å². The van der Waals surface area contributed by atoms with Crippen LogP contribution < -0.4 is 5.73 Å². The van der Waals surface area contributed by atoms with Crippen molar-refractivity contribution in [1.29, 1.82) is 0 Å². The Bertz CT molecular complexity index is 444. The zero-order valence-corrected chi connectivity index (χ0v) is 9.37. The Hall–Kier alpha value is -1.69. The summed E-state index contributed by atoms with van der Waals surface area (Å²) in [7, 11) is 1.97. The number of hydrogen-bond donors (Lipinski definition) is 1. The summed E-state index contributed by atoms with van der Waals surface area (Å²) >= 11 is 0. The molecule has 0 saturated carbocycles. The van der Waals surface area contributed by atoms with Gasteiger partial charge in [-0.15, -0.1) is 5.10 Å². The van der Waals surface area contributed by atoms with Crippen molar-refractivity contribution in [1.82, 2.24) is 24.5 Å². The number of nitrogens with zero attached hydrogens (tertiary/aromatic N) is 5. The van der Waals surface area contributed by atoms with Gasteiger partial charge in [-0.3, -0.25) is 0 Å². The first-order valence-corrected chi connectivity index (χ1v) is 5.35. The zero-order chi connectivity index (χ0) is 11.4. The smallest absolute Gasteiger partial charge is 0.130 e. The lowest BCUT2D eigenvalue weighted by Crippen LogP contribution is -2.06. The second kappa shape index (κ2) is 4.89. The predicted molar refractivity (Wildman–Crippen MR) is 59.7 cm³/mol. The summed E-state index contributed by atoms with van der Waals surface area (Å²) in [5.41, 5.74) is 6.43. The van der Waals surface area contributed by atoms with Gasteiger partial charge in [-0.1, -0.05) is 5.21 Å². The second-order valence-electron chi connectivity index (χ2n) is 3.75. The molecule has 0 amide bonds. The highest BCUT2D eigenvalue weighted by Gasteiger charge is 2.03. The van der Waals surface area contributed by atoms with Crippen LogP contribution in [0.1, 0.15) is 17.9 Å². The van der Waals surface area contributed by atoms with Crippen LogP contribution in [0, 0.1) is 0 Å². The van der Waals surface area contributed by atoms with Crippen LogP contribution in [0.3, 0.4) is 0 Å². The Morgan fingerprint density at radius 3 is 3.00 bits per heavy atom. The summed E-state index contributed by atoms with van der Waals surface area (Å²) in [4.78, 5) is 4.24. The molecule has 0 aliphatic carbocycles. The summed E-state index contributed by atoms with van der Waals surface area (Å²) in [6.45, 7) is 1.34. The average molecular weight is 220 g/mol. The Labute approximate surface area is 94.1 Å². The Morgan fingerprint density at radius 2 is 2.31 bits per heavy atom. The van der Waals surface area contributed by atoms with Crippen LogP contribution in [0.15, 0.2) is 18.6 Å². The van der Waals surface area contributed by atoms with E-state index in [4.69, 9.17) is 5.73 Å². The molecule has 0 bridgehead atoms. The predicted octanol–water partition coefficient (Wildman–Crippen LogP) is -0.0488. The maximum Gasteiger partial charge on any atom is 0.130 e. The monoisotopic (exact) mass is 220 g/mol. The van der Waals surface area contributed by atoms with Crippen LogP contribution in [0.5, 0.6) is 0 Å². The summed E-state index contributed by atoms with van der Waals surface area (Å²) in [6, 6.07) is 0. The summed E-state index contributed by atoms with van der Waals surface area (Å²) in [5.74, 6) is 0.968. The fourth-order valence-electron chi connectivity index (χ4n) is 1.51. The number of aromatic nitrogens is 5. The zero-order valence-electron chi connectivity index (χ0n) is 9.37. The first-order valence-electron chi connectivity index (χ1n) is 5.35. The maximum atomic E-state index is 5.44. The lowest BCUT2D eigenvalue weighted by atomic mass is 10.2. The van der Waals surface area contributed by atoms with Gasteiger partial charge in [-0.25, -0.2) is 9.67 Å². The van der Waals surface area contributed by atoms with Crippen molar-refractivity contribution in [2.45, 2.75) is 19.4 Å². The molecule has 0 radical (unpaired) electrons. The van der Waals surface area contributed by atoms with E-state index >= 15 is 0 Å². The lowest BCUT2D eigenvalue weighted by molar-refractivity contribution is 0.607. The van der Waals surface area contributed by atoms with Crippen LogP contribution in [-0.2, 0) is 20.0 Å². The van der Waals surface area contributed by atoms with E-state index in [1.807, 2.05) is 24.0 Å². The maximum absolute atomic E-state index is 5.44. The normalized spacial score (nSPS) is 10.9. The van der Waals surface area contributed by atoms with E-state index in [0.29, 0.717) is 13.1 Å². The van der Waals surface area contributed by atoms with Gasteiger partial charge >= 0.3 is 0 Å². The Balaban J connectivity index is 2.00. The lowest BCUT2D eigenvalue weighted by Gasteiger charge is -2.00. The highest BCUT2D eigenvalue weighted by molar-refractivity contribution is 4.96. The molecule has 0 fully saturated rings. The molecule has 0 aliphatic heterocycles. The minimum atomic E-state index is 0.652. The van der Waals surface area contributed by atoms with E-state index in [-0.39, 0.29) is 0 Å². The van der Waals surface area contributed by atoms with Crippen molar-refractivity contribution < 1.29 is 0 Å². The van der Waals surface area contributed by atoms with Gasteiger partial charge in [-0.05, 0) is 19.4 Å². The molecule has 2 rings (SSSR count). The van der Waals surface area contributed by atoms with Gasteiger partial charge in [0.25, 0.3) is 0 Å². The van der Waals surface area contributed by atoms with Gasteiger partial charge in [0, 0.05) is 25.6 Å². The molecule has 2 aromatic heterocycles. The van der Waals surface area contributed by atoms with E-state index in [2.05, 4.69) is 15.3 Å². The number of aryl methyl sites for hydroxylation is 2. The quantitative estimate of drug-likeness (QED) is 0.766. The van der Waals surface area contributed by atoms with Crippen LogP contribution in [0.4, 0.5) is 0 Å². The first kappa shape index (κ1) is 10.8. The molecule has 2 heterocycles. The van der Waals surface area contributed by atoms with Crippen LogP contribution in [-0.4, -0.2) is 31.1 Å². The third kappa shape index (κ3) is 2.46. The SMILES string of the molecule is Cn1ccnc1Cn1cc(CCCN)nn1. The van der Waals surface area contributed by atoms with Crippen LogP contribution in [0.2, 0.25) is 0 Å². The van der Waals surface area contributed by atoms with Gasteiger partial charge in [0.1, 0.15) is 12.4 Å². The Kier molecular flexibility index (Phi) is 3.31. The minimum absolute atomic E-state index is 0.652. The fourth-order valence-corrected chi connectivity index (χ4v) is 1.51. The number of rotatable bonds is 5. The summed E-state index contributed by atoms with van der Waals surface area (Å²) in [6.07, 6.45) is 7.48. The number of imidazole rings is 1. The second-order valence-corrected chi connectivity index (χ2v) is 3.75. The molecule has 0 saturated heterocycles. The molecule has 6 nitrogen and oxygen atoms in total. The molecule has 0 atom stereocenters. The third-order valence-electron chi connectivity index (χ3n) is 2.45. The largest absolute Gasteiger partial charge is 0.336 e. The molecule has 2 aromatic rings. The van der Waals surface area contributed by atoms with Crippen molar-refractivity contribution >= 4 is 0 Å². The first-order chi connectivity index (χ1) is 7.79. The van der Waals surface area contributed by atoms with Gasteiger partial charge in [0.15, 0.2) is 0 Å².